The number of benzene rings is 2. The topological polar surface area (TPSA) is 77.7 Å². The minimum atomic E-state index is -0.677. The molecule has 0 spiro atoms. The maximum atomic E-state index is 12.6. The van der Waals surface area contributed by atoms with Crippen LogP contribution in [0.1, 0.15) is 28.8 Å². The number of oxime groups is 1. The highest BCUT2D eigenvalue weighted by Gasteiger charge is 2.29. The van der Waals surface area contributed by atoms with Crippen molar-refractivity contribution in [2.75, 3.05) is 12.4 Å². The highest BCUT2D eigenvalue weighted by Crippen LogP contribution is 2.21. The minimum Gasteiger partial charge on any atom is -0.497 e. The number of ether oxygens (including phenoxy) is 1. The van der Waals surface area contributed by atoms with Gasteiger partial charge in [-0.05, 0) is 49.2 Å². The van der Waals surface area contributed by atoms with E-state index >= 15 is 0 Å². The summed E-state index contributed by atoms with van der Waals surface area (Å²) in [6.07, 6.45) is -0.273. The van der Waals surface area contributed by atoms with Crippen molar-refractivity contribution in [3.63, 3.8) is 0 Å². The highest BCUT2D eigenvalue weighted by molar-refractivity contribution is 6.06. The number of hydrogen-bond donors (Lipinski definition) is 1. The Kier molecular flexibility index (Phi) is 5.52. The summed E-state index contributed by atoms with van der Waals surface area (Å²) in [5, 5.41) is 11.4. The monoisotopic (exact) mass is 404 g/mol. The van der Waals surface area contributed by atoms with Crippen LogP contribution < -0.4 is 10.1 Å². The highest BCUT2D eigenvalue weighted by atomic mass is 16.6. The Morgan fingerprint density at radius 1 is 1.20 bits per heavy atom. The van der Waals surface area contributed by atoms with E-state index in [4.69, 9.17) is 9.57 Å². The van der Waals surface area contributed by atoms with Gasteiger partial charge >= 0.3 is 0 Å². The maximum Gasteiger partial charge on any atom is 0.269 e. The molecule has 0 saturated carbocycles. The second-order valence-electron chi connectivity index (χ2n) is 7.37. The summed E-state index contributed by atoms with van der Waals surface area (Å²) >= 11 is 0. The number of anilines is 1. The molecule has 1 aliphatic rings. The number of rotatable bonds is 6. The third-order valence-corrected chi connectivity index (χ3v) is 5.03. The molecule has 1 atom stereocenters. The van der Waals surface area contributed by atoms with E-state index < -0.39 is 6.10 Å². The van der Waals surface area contributed by atoms with Gasteiger partial charge in [0.15, 0.2) is 5.82 Å². The van der Waals surface area contributed by atoms with E-state index in [-0.39, 0.29) is 5.91 Å². The summed E-state index contributed by atoms with van der Waals surface area (Å²) in [5.74, 6) is 1.01. The zero-order valence-corrected chi connectivity index (χ0v) is 17.3. The van der Waals surface area contributed by atoms with Gasteiger partial charge in [-0.3, -0.25) is 9.48 Å². The molecule has 2 heterocycles. The first kappa shape index (κ1) is 19.7. The van der Waals surface area contributed by atoms with Crippen LogP contribution >= 0.6 is 0 Å². The lowest BCUT2D eigenvalue weighted by Crippen LogP contribution is -2.28. The minimum absolute atomic E-state index is 0.262. The van der Waals surface area contributed by atoms with Crippen molar-refractivity contribution in [1.29, 1.82) is 0 Å². The van der Waals surface area contributed by atoms with Crippen LogP contribution in [-0.2, 0) is 16.2 Å². The van der Waals surface area contributed by atoms with Gasteiger partial charge in [-0.1, -0.05) is 35.0 Å². The fourth-order valence-corrected chi connectivity index (χ4v) is 3.39. The van der Waals surface area contributed by atoms with Gasteiger partial charge in [0.2, 0.25) is 6.10 Å². The first-order valence-corrected chi connectivity index (χ1v) is 9.80. The van der Waals surface area contributed by atoms with E-state index in [0.717, 1.165) is 28.3 Å². The smallest absolute Gasteiger partial charge is 0.269 e. The van der Waals surface area contributed by atoms with Crippen LogP contribution in [0.5, 0.6) is 5.75 Å². The van der Waals surface area contributed by atoms with Crippen LogP contribution in [0, 0.1) is 13.8 Å². The molecule has 1 N–H and O–H groups in total. The normalized spacial score (nSPS) is 15.4. The Morgan fingerprint density at radius 2 is 2.00 bits per heavy atom. The van der Waals surface area contributed by atoms with Crippen molar-refractivity contribution in [3.05, 3.63) is 77.0 Å². The van der Waals surface area contributed by atoms with Crippen molar-refractivity contribution in [2.24, 2.45) is 5.16 Å². The quantitative estimate of drug-likeness (QED) is 0.680. The molecule has 1 amide bonds. The van der Waals surface area contributed by atoms with Crippen molar-refractivity contribution in [1.82, 2.24) is 9.78 Å². The molecule has 4 rings (SSSR count). The standard InChI is InChI=1S/C23H24N4O3/c1-15-5-4-6-17(11-15)14-27-16(2)12-22(25-27)24-23(28)21-13-20(26-30-21)18-7-9-19(29-3)10-8-18/h4-12,21H,13-14H2,1-3H3,(H,24,25,28). The molecule has 1 aliphatic heterocycles. The van der Waals surface area contributed by atoms with Crippen molar-refractivity contribution in [2.45, 2.75) is 32.9 Å². The molecule has 154 valence electrons. The molecule has 0 fully saturated rings. The number of carbonyl (C=O) groups excluding carboxylic acids is 1. The molecule has 1 unspecified atom stereocenters. The molecule has 0 saturated heterocycles. The first-order valence-electron chi connectivity index (χ1n) is 9.80. The average Bonchev–Trinajstić information content (AvgIpc) is 3.35. The molecular formula is C23H24N4O3. The molecule has 7 nitrogen and oxygen atoms in total. The van der Waals surface area contributed by atoms with E-state index in [1.165, 1.54) is 5.56 Å². The Labute approximate surface area is 175 Å². The number of amides is 1. The van der Waals surface area contributed by atoms with E-state index in [9.17, 15) is 4.79 Å². The summed E-state index contributed by atoms with van der Waals surface area (Å²) < 4.78 is 7.04. The molecule has 7 heteroatoms. The lowest BCUT2D eigenvalue weighted by Gasteiger charge is -2.08. The van der Waals surface area contributed by atoms with Crippen LogP contribution in [-0.4, -0.2) is 34.6 Å². The Morgan fingerprint density at radius 3 is 2.73 bits per heavy atom. The molecule has 3 aromatic rings. The van der Waals surface area contributed by atoms with E-state index in [1.807, 2.05) is 48.0 Å². The summed E-state index contributed by atoms with van der Waals surface area (Å²) in [6, 6.07) is 17.7. The van der Waals surface area contributed by atoms with Crippen LogP contribution in [0.3, 0.4) is 0 Å². The van der Waals surface area contributed by atoms with Crippen LogP contribution in [0.15, 0.2) is 59.8 Å². The Hall–Kier alpha value is -3.61. The number of carbonyl (C=O) groups is 1. The number of aryl methyl sites for hydroxylation is 2. The summed E-state index contributed by atoms with van der Waals surface area (Å²) in [4.78, 5) is 18.0. The number of nitrogens with one attached hydrogen (secondary N) is 1. The van der Waals surface area contributed by atoms with Gasteiger partial charge in [0.25, 0.3) is 5.91 Å². The number of hydrogen-bond acceptors (Lipinski definition) is 5. The van der Waals surface area contributed by atoms with Gasteiger partial charge in [-0.2, -0.15) is 5.10 Å². The Bertz CT molecular complexity index is 1090. The van der Waals surface area contributed by atoms with E-state index in [0.29, 0.717) is 18.8 Å². The van der Waals surface area contributed by atoms with Gasteiger partial charge in [-0.15, -0.1) is 0 Å². The van der Waals surface area contributed by atoms with Crippen LogP contribution in [0.4, 0.5) is 5.82 Å². The van der Waals surface area contributed by atoms with Gasteiger partial charge in [0.1, 0.15) is 5.75 Å². The number of aromatic nitrogens is 2. The fourth-order valence-electron chi connectivity index (χ4n) is 3.39. The number of methoxy groups -OCH3 is 1. The second kappa shape index (κ2) is 8.41. The van der Waals surface area contributed by atoms with Crippen LogP contribution in [0.2, 0.25) is 0 Å². The van der Waals surface area contributed by atoms with Gasteiger partial charge in [-0.25, -0.2) is 0 Å². The maximum absolute atomic E-state index is 12.6. The fraction of sp³-hybridized carbons (Fsp3) is 0.261. The Balaban J connectivity index is 1.37. The second-order valence-corrected chi connectivity index (χ2v) is 7.37. The summed E-state index contributed by atoms with van der Waals surface area (Å²) in [6.45, 7) is 4.68. The van der Waals surface area contributed by atoms with Crippen molar-refractivity contribution >= 4 is 17.4 Å². The van der Waals surface area contributed by atoms with Crippen molar-refractivity contribution < 1.29 is 14.4 Å². The predicted octanol–water partition coefficient (Wildman–Crippen LogP) is 3.69. The third kappa shape index (κ3) is 4.35. The summed E-state index contributed by atoms with van der Waals surface area (Å²) in [5.41, 5.74) is 4.98. The molecule has 2 aromatic carbocycles. The molecule has 0 bridgehead atoms. The summed E-state index contributed by atoms with van der Waals surface area (Å²) in [7, 11) is 1.62. The largest absolute Gasteiger partial charge is 0.497 e. The first-order chi connectivity index (χ1) is 14.5. The molecule has 30 heavy (non-hydrogen) atoms. The lowest BCUT2D eigenvalue weighted by molar-refractivity contribution is -0.125. The van der Waals surface area contributed by atoms with Gasteiger partial charge < -0.3 is 14.9 Å². The average molecular weight is 404 g/mol. The molecule has 0 radical (unpaired) electrons. The molecule has 0 aliphatic carbocycles. The zero-order valence-electron chi connectivity index (χ0n) is 17.3. The van der Waals surface area contributed by atoms with Gasteiger partial charge in [0, 0.05) is 18.2 Å². The third-order valence-electron chi connectivity index (χ3n) is 5.03. The lowest BCUT2D eigenvalue weighted by atomic mass is 10.0. The number of nitrogens with zero attached hydrogens (tertiary/aromatic N) is 3. The molecule has 1 aromatic heterocycles. The predicted molar refractivity (Wildman–Crippen MR) is 115 cm³/mol. The van der Waals surface area contributed by atoms with Crippen LogP contribution in [0.25, 0.3) is 0 Å². The molecular weight excluding hydrogens is 380 g/mol. The van der Waals surface area contributed by atoms with Gasteiger partial charge in [0.05, 0.1) is 19.4 Å². The van der Waals surface area contributed by atoms with E-state index in [1.54, 1.807) is 7.11 Å². The van der Waals surface area contributed by atoms with Crippen molar-refractivity contribution in [3.8, 4) is 5.75 Å². The van der Waals surface area contributed by atoms with E-state index in [2.05, 4.69) is 40.7 Å². The zero-order chi connectivity index (χ0) is 21.1. The SMILES string of the molecule is COc1ccc(C2=NOC(C(=O)Nc3cc(C)n(Cc4cccc(C)c4)n3)C2)cc1.